The van der Waals surface area contributed by atoms with Crippen LogP contribution in [0.15, 0.2) is 35.2 Å². The molecule has 4 rings (SSSR count). The highest BCUT2D eigenvalue weighted by Gasteiger charge is 2.50. The Bertz CT molecular complexity index is 1190. The van der Waals surface area contributed by atoms with Crippen LogP contribution < -0.4 is 4.90 Å². The van der Waals surface area contributed by atoms with Gasteiger partial charge in [0.15, 0.2) is 0 Å². The Morgan fingerprint density at radius 3 is 2.03 bits per heavy atom. The lowest BCUT2D eigenvalue weighted by Gasteiger charge is -2.33. The van der Waals surface area contributed by atoms with Gasteiger partial charge in [-0.15, -0.1) is 0 Å². The molecule has 2 aromatic carbocycles. The van der Waals surface area contributed by atoms with Crippen LogP contribution in [0.25, 0.3) is 0 Å². The van der Waals surface area contributed by atoms with E-state index in [1.807, 2.05) is 33.8 Å². The standard InChI is InChI=1S/C25H29ClN2O4S/c1-15-13-16(2)18(4)24(17(15)3)33(31,32)28(21-7-5-6-8-21)22-14-23(29)27(25(22)30)20-11-9-19(26)10-12-20/h9-13,21-22H,5-8,14H2,1-4H3. The number of aryl methyl sites for hydroxylation is 2. The number of rotatable bonds is 5. The summed E-state index contributed by atoms with van der Waals surface area (Å²) >= 11 is 5.96. The average Bonchev–Trinajstić information content (AvgIpc) is 3.36. The lowest BCUT2D eigenvalue weighted by molar-refractivity contribution is -0.122. The van der Waals surface area contributed by atoms with Gasteiger partial charge in [0, 0.05) is 11.1 Å². The number of sulfonamides is 1. The minimum absolute atomic E-state index is 0.167. The van der Waals surface area contributed by atoms with E-state index in [2.05, 4.69) is 0 Å². The van der Waals surface area contributed by atoms with E-state index < -0.39 is 27.9 Å². The molecule has 1 saturated heterocycles. The van der Waals surface area contributed by atoms with Gasteiger partial charge in [0.25, 0.3) is 5.91 Å². The topological polar surface area (TPSA) is 74.8 Å². The van der Waals surface area contributed by atoms with Crippen LogP contribution in [0.1, 0.15) is 54.4 Å². The number of carbonyl (C=O) groups is 2. The molecule has 6 nitrogen and oxygen atoms in total. The Labute approximate surface area is 200 Å². The Balaban J connectivity index is 1.82. The summed E-state index contributed by atoms with van der Waals surface area (Å²) in [7, 11) is -4.03. The summed E-state index contributed by atoms with van der Waals surface area (Å²) in [6.45, 7) is 7.41. The molecule has 1 aliphatic heterocycles. The smallest absolute Gasteiger partial charge is 0.252 e. The number of halogens is 1. The third-order valence-electron chi connectivity index (χ3n) is 7.03. The van der Waals surface area contributed by atoms with E-state index in [1.165, 1.54) is 4.31 Å². The molecular formula is C25H29ClN2O4S. The van der Waals surface area contributed by atoms with Crippen molar-refractivity contribution in [3.05, 3.63) is 57.6 Å². The van der Waals surface area contributed by atoms with Crippen molar-refractivity contribution in [2.45, 2.75) is 76.8 Å². The lowest BCUT2D eigenvalue weighted by atomic mass is 10.0. The largest absolute Gasteiger partial charge is 0.274 e. The van der Waals surface area contributed by atoms with Crippen molar-refractivity contribution in [1.82, 2.24) is 4.31 Å². The second kappa shape index (κ2) is 8.85. The van der Waals surface area contributed by atoms with Crippen molar-refractivity contribution < 1.29 is 18.0 Å². The fraction of sp³-hybridized carbons (Fsp3) is 0.440. The molecule has 1 heterocycles. The van der Waals surface area contributed by atoms with E-state index in [-0.39, 0.29) is 17.4 Å². The van der Waals surface area contributed by atoms with Crippen molar-refractivity contribution in [2.75, 3.05) is 4.90 Å². The molecule has 2 fully saturated rings. The van der Waals surface area contributed by atoms with Gasteiger partial charge in [0.1, 0.15) is 6.04 Å². The van der Waals surface area contributed by atoms with Gasteiger partial charge in [-0.1, -0.05) is 30.5 Å². The lowest BCUT2D eigenvalue weighted by Crippen LogP contribution is -2.50. The zero-order valence-electron chi connectivity index (χ0n) is 19.4. The molecule has 2 amide bonds. The second-order valence-electron chi connectivity index (χ2n) is 9.13. The number of hydrogen-bond acceptors (Lipinski definition) is 4. The molecule has 2 aliphatic rings. The molecule has 33 heavy (non-hydrogen) atoms. The summed E-state index contributed by atoms with van der Waals surface area (Å²) in [4.78, 5) is 27.9. The fourth-order valence-corrected chi connectivity index (χ4v) is 7.66. The molecule has 176 valence electrons. The molecule has 0 bridgehead atoms. The molecule has 1 atom stereocenters. The summed E-state index contributed by atoms with van der Waals surface area (Å²) in [5, 5.41) is 0.491. The third-order valence-corrected chi connectivity index (χ3v) is 9.52. The van der Waals surface area contributed by atoms with E-state index in [0.717, 1.165) is 28.9 Å². The third kappa shape index (κ3) is 4.11. The van der Waals surface area contributed by atoms with Crippen molar-refractivity contribution in [3.8, 4) is 0 Å². The summed E-state index contributed by atoms with van der Waals surface area (Å²) in [5.74, 6) is -0.906. The van der Waals surface area contributed by atoms with Crippen LogP contribution in [0.5, 0.6) is 0 Å². The van der Waals surface area contributed by atoms with Crippen LogP contribution in [0.4, 0.5) is 5.69 Å². The van der Waals surface area contributed by atoms with E-state index in [0.29, 0.717) is 34.7 Å². The van der Waals surface area contributed by atoms with Crippen LogP contribution in [0, 0.1) is 27.7 Å². The molecule has 1 aliphatic carbocycles. The first kappa shape index (κ1) is 23.9. The molecule has 8 heteroatoms. The van der Waals surface area contributed by atoms with Gasteiger partial charge in [-0.3, -0.25) is 9.59 Å². The Morgan fingerprint density at radius 2 is 1.48 bits per heavy atom. The highest BCUT2D eigenvalue weighted by molar-refractivity contribution is 7.89. The number of nitrogens with zero attached hydrogens (tertiary/aromatic N) is 2. The summed E-state index contributed by atoms with van der Waals surface area (Å²) in [5.41, 5.74) is 3.55. The number of imide groups is 1. The minimum atomic E-state index is -4.03. The maximum Gasteiger partial charge on any atom is 0.252 e. The van der Waals surface area contributed by atoms with Crippen LogP contribution in [-0.2, 0) is 19.6 Å². The van der Waals surface area contributed by atoms with Gasteiger partial charge in [0.05, 0.1) is 17.0 Å². The first-order valence-electron chi connectivity index (χ1n) is 11.3. The van der Waals surface area contributed by atoms with Gasteiger partial charge in [-0.05, 0) is 87.1 Å². The van der Waals surface area contributed by atoms with E-state index in [4.69, 9.17) is 11.6 Å². The maximum atomic E-state index is 14.2. The zero-order valence-corrected chi connectivity index (χ0v) is 21.0. The number of carbonyl (C=O) groups excluding carboxylic acids is 2. The fourth-order valence-electron chi connectivity index (χ4n) is 5.13. The summed E-state index contributed by atoms with van der Waals surface area (Å²) < 4.78 is 29.8. The summed E-state index contributed by atoms with van der Waals surface area (Å²) in [6, 6.07) is 7.05. The predicted molar refractivity (Wildman–Crippen MR) is 129 cm³/mol. The molecule has 2 aromatic rings. The molecule has 0 spiro atoms. The number of amides is 2. The summed E-state index contributed by atoms with van der Waals surface area (Å²) in [6.07, 6.45) is 3.00. The van der Waals surface area contributed by atoms with E-state index in [9.17, 15) is 18.0 Å². The highest BCUT2D eigenvalue weighted by atomic mass is 35.5. The SMILES string of the molecule is Cc1cc(C)c(C)c(S(=O)(=O)N(C2CCCC2)C2CC(=O)N(c3ccc(Cl)cc3)C2=O)c1C. The van der Waals surface area contributed by atoms with Crippen molar-refractivity contribution in [2.24, 2.45) is 0 Å². The quantitative estimate of drug-likeness (QED) is 0.564. The van der Waals surface area contributed by atoms with Crippen LogP contribution >= 0.6 is 11.6 Å². The van der Waals surface area contributed by atoms with Crippen LogP contribution in [0.3, 0.4) is 0 Å². The van der Waals surface area contributed by atoms with Crippen molar-refractivity contribution >= 4 is 39.1 Å². The average molecular weight is 489 g/mol. The monoisotopic (exact) mass is 488 g/mol. The second-order valence-corrected chi connectivity index (χ2v) is 11.3. The van der Waals surface area contributed by atoms with Crippen LogP contribution in [0.2, 0.25) is 5.02 Å². The van der Waals surface area contributed by atoms with Crippen molar-refractivity contribution in [1.29, 1.82) is 0 Å². The van der Waals surface area contributed by atoms with Gasteiger partial charge >= 0.3 is 0 Å². The highest BCUT2D eigenvalue weighted by Crippen LogP contribution is 2.38. The maximum absolute atomic E-state index is 14.2. The minimum Gasteiger partial charge on any atom is -0.274 e. The number of anilines is 1. The molecular weight excluding hydrogens is 460 g/mol. The molecule has 0 aromatic heterocycles. The van der Waals surface area contributed by atoms with Gasteiger partial charge < -0.3 is 0 Å². The zero-order chi connectivity index (χ0) is 24.1. The van der Waals surface area contributed by atoms with E-state index >= 15 is 0 Å². The number of hydrogen-bond donors (Lipinski definition) is 0. The Morgan fingerprint density at radius 1 is 0.939 bits per heavy atom. The van der Waals surface area contributed by atoms with E-state index in [1.54, 1.807) is 24.3 Å². The van der Waals surface area contributed by atoms with Gasteiger partial charge in [-0.2, -0.15) is 4.31 Å². The van der Waals surface area contributed by atoms with Gasteiger partial charge in [-0.25, -0.2) is 13.3 Å². The molecule has 1 unspecified atom stereocenters. The van der Waals surface area contributed by atoms with Crippen molar-refractivity contribution in [3.63, 3.8) is 0 Å². The molecule has 1 saturated carbocycles. The molecule has 0 radical (unpaired) electrons. The predicted octanol–water partition coefficient (Wildman–Crippen LogP) is 4.84. The Hall–Kier alpha value is -2.22. The molecule has 0 N–H and O–H groups in total. The first-order chi connectivity index (χ1) is 15.5. The normalized spacial score (nSPS) is 19.8. The van der Waals surface area contributed by atoms with Gasteiger partial charge in [0.2, 0.25) is 15.9 Å². The van der Waals surface area contributed by atoms with Crippen LogP contribution in [-0.4, -0.2) is 36.6 Å². The Kier molecular flexibility index (Phi) is 6.42. The first-order valence-corrected chi connectivity index (χ1v) is 13.1. The number of benzene rings is 2.